The summed E-state index contributed by atoms with van der Waals surface area (Å²) in [5.41, 5.74) is 11.8. The van der Waals surface area contributed by atoms with Crippen LogP contribution in [0.3, 0.4) is 0 Å². The third kappa shape index (κ3) is 23.7. The number of aryl methyl sites for hydroxylation is 4. The van der Waals surface area contributed by atoms with Gasteiger partial charge in [-0.1, -0.05) is 116 Å². The Morgan fingerprint density at radius 1 is 0.540 bits per heavy atom. The maximum Gasteiger partial charge on any atom is 0.228 e. The maximum absolute atomic E-state index is 11.9. The van der Waals surface area contributed by atoms with Gasteiger partial charge in [0, 0.05) is 67.5 Å². The van der Waals surface area contributed by atoms with E-state index in [4.69, 9.17) is 5.73 Å². The van der Waals surface area contributed by atoms with Crippen molar-refractivity contribution in [2.75, 3.05) is 0 Å². The van der Waals surface area contributed by atoms with Crippen molar-refractivity contribution < 1.29 is 14.5 Å². The summed E-state index contributed by atoms with van der Waals surface area (Å²) in [4.78, 5) is 41.9. The Morgan fingerprint density at radius 3 is 1.16 bits per heavy atom. The van der Waals surface area contributed by atoms with Crippen molar-refractivity contribution in [1.82, 2.24) is 9.97 Å². The van der Waals surface area contributed by atoms with Gasteiger partial charge in [-0.2, -0.15) is 0 Å². The lowest BCUT2D eigenvalue weighted by atomic mass is 10.0. The number of carbonyl (C=O) groups excluding carboxylic acids is 2. The summed E-state index contributed by atoms with van der Waals surface area (Å²) in [7, 11) is 0. The molecule has 0 spiro atoms. The second kappa shape index (κ2) is 33.0. The standard InChI is InChI=1S/C17H18N2O3.C17H20N2O.4C2H6/c20-17(10-8-15-2-1-11-18-12-15)9-7-14-3-5-16(6-4-14)13-19(21)22;18-12-15-5-3-14(4-6-15)7-9-17(20)10-8-16-2-1-11-19-13-16;4*1-2/h1-6,11-12H,7-10,13H2;1-6,11,13H,7-10,12,18H2;4*1-2H3. The molecule has 0 amide bonds. The molecule has 0 saturated carbocycles. The van der Waals surface area contributed by atoms with Crippen molar-refractivity contribution in [3.05, 3.63) is 141 Å². The van der Waals surface area contributed by atoms with E-state index in [1.807, 2.05) is 110 Å². The van der Waals surface area contributed by atoms with Gasteiger partial charge in [0.15, 0.2) is 0 Å². The molecule has 2 N–H and O–H groups in total. The molecule has 0 aliphatic rings. The van der Waals surface area contributed by atoms with Gasteiger partial charge in [0.05, 0.1) is 0 Å². The molecule has 0 unspecified atom stereocenters. The number of Topliss-reactive ketones (excluding diaryl/α,β-unsaturated/α-hetero) is 2. The number of nitrogens with zero attached hydrogens (tertiary/aromatic N) is 3. The van der Waals surface area contributed by atoms with Crippen LogP contribution in [0.15, 0.2) is 97.6 Å². The smallest absolute Gasteiger partial charge is 0.228 e. The minimum absolute atomic E-state index is 0.162. The Kier molecular flexibility index (Phi) is 31.4. The van der Waals surface area contributed by atoms with Crippen molar-refractivity contribution in [2.45, 2.75) is 120 Å². The Labute approximate surface area is 302 Å². The SMILES string of the molecule is CC.CC.CC.CC.NCc1ccc(CCC(=O)CCc2cccnc2)cc1.O=C(CCc1ccc(C[N+](=O)[O-])cc1)CCc1cccnc1. The maximum atomic E-state index is 11.9. The van der Waals surface area contributed by atoms with Gasteiger partial charge < -0.3 is 5.73 Å². The van der Waals surface area contributed by atoms with Crippen LogP contribution in [0.1, 0.15) is 114 Å². The molecule has 4 rings (SSSR count). The summed E-state index contributed by atoms with van der Waals surface area (Å²) >= 11 is 0. The van der Waals surface area contributed by atoms with Crippen molar-refractivity contribution in [2.24, 2.45) is 5.73 Å². The zero-order valence-electron chi connectivity index (χ0n) is 31.9. The molecule has 0 saturated heterocycles. The van der Waals surface area contributed by atoms with Crippen molar-refractivity contribution in [3.63, 3.8) is 0 Å². The number of nitrogens with two attached hydrogens (primary N) is 1. The van der Waals surface area contributed by atoms with Crippen LogP contribution < -0.4 is 5.73 Å². The van der Waals surface area contributed by atoms with E-state index in [1.165, 1.54) is 5.56 Å². The topological polar surface area (TPSA) is 129 Å². The highest BCUT2D eigenvalue weighted by Crippen LogP contribution is 2.11. The summed E-state index contributed by atoms with van der Waals surface area (Å²) in [6.07, 6.45) is 12.2. The predicted molar refractivity (Wildman–Crippen MR) is 209 cm³/mol. The number of pyridine rings is 2. The largest absolute Gasteiger partial charge is 0.326 e. The zero-order valence-corrected chi connectivity index (χ0v) is 31.9. The first kappa shape index (κ1) is 47.6. The van der Waals surface area contributed by atoms with E-state index >= 15 is 0 Å². The lowest BCUT2D eigenvalue weighted by Gasteiger charge is -2.03. The van der Waals surface area contributed by atoms with Gasteiger partial charge in [0.25, 0.3) is 0 Å². The average molecular weight is 687 g/mol. The van der Waals surface area contributed by atoms with E-state index in [0.717, 1.165) is 35.1 Å². The molecular weight excluding hydrogens is 624 g/mol. The number of carbonyl (C=O) groups is 2. The van der Waals surface area contributed by atoms with Crippen molar-refractivity contribution in [1.29, 1.82) is 0 Å². The fraction of sp³-hybridized carbons (Fsp3) is 0.429. The highest BCUT2D eigenvalue weighted by molar-refractivity contribution is 5.79. The molecule has 0 fully saturated rings. The minimum atomic E-state index is -0.350. The number of benzene rings is 2. The van der Waals surface area contributed by atoms with Gasteiger partial charge >= 0.3 is 0 Å². The molecule has 0 radical (unpaired) electrons. The summed E-state index contributed by atoms with van der Waals surface area (Å²) in [5, 5.41) is 10.4. The molecule has 8 nitrogen and oxygen atoms in total. The van der Waals surface area contributed by atoms with Crippen LogP contribution in [-0.2, 0) is 48.4 Å². The number of hydrogen-bond acceptors (Lipinski definition) is 7. The van der Waals surface area contributed by atoms with E-state index < -0.39 is 0 Å². The van der Waals surface area contributed by atoms with Crippen LogP contribution >= 0.6 is 0 Å². The second-order valence-corrected chi connectivity index (χ2v) is 10.1. The van der Waals surface area contributed by atoms with Gasteiger partial charge in [-0.25, -0.2) is 0 Å². The van der Waals surface area contributed by atoms with E-state index in [1.54, 1.807) is 30.7 Å². The summed E-state index contributed by atoms with van der Waals surface area (Å²) in [5.74, 6) is 0.523. The van der Waals surface area contributed by atoms with Crippen LogP contribution in [0.4, 0.5) is 0 Å². The molecule has 4 aromatic rings. The summed E-state index contributed by atoms with van der Waals surface area (Å²) in [6.45, 7) is 16.4. The first-order valence-corrected chi connectivity index (χ1v) is 18.2. The highest BCUT2D eigenvalue weighted by Gasteiger charge is 2.06. The van der Waals surface area contributed by atoms with Gasteiger partial charge in [-0.05, 0) is 65.6 Å². The lowest BCUT2D eigenvalue weighted by molar-refractivity contribution is -0.496. The Hall–Kier alpha value is -4.56. The number of hydrogen-bond donors (Lipinski definition) is 1. The van der Waals surface area contributed by atoms with Crippen molar-refractivity contribution >= 4 is 11.6 Å². The van der Waals surface area contributed by atoms with Gasteiger partial charge in [-0.15, -0.1) is 0 Å². The second-order valence-electron chi connectivity index (χ2n) is 10.1. The van der Waals surface area contributed by atoms with E-state index in [0.29, 0.717) is 56.4 Å². The van der Waals surface area contributed by atoms with E-state index in [-0.39, 0.29) is 17.3 Å². The normalized spacial score (nSPS) is 9.22. The fourth-order valence-electron chi connectivity index (χ4n) is 4.28. The van der Waals surface area contributed by atoms with Crippen LogP contribution in [-0.4, -0.2) is 26.5 Å². The first-order chi connectivity index (χ1) is 24.4. The van der Waals surface area contributed by atoms with E-state index in [2.05, 4.69) is 22.1 Å². The fourth-order valence-corrected chi connectivity index (χ4v) is 4.28. The van der Waals surface area contributed by atoms with Crippen LogP contribution in [0.2, 0.25) is 0 Å². The van der Waals surface area contributed by atoms with Gasteiger partial charge in [0.1, 0.15) is 11.6 Å². The van der Waals surface area contributed by atoms with Crippen molar-refractivity contribution in [3.8, 4) is 0 Å². The number of aromatic nitrogens is 2. The molecule has 274 valence electrons. The predicted octanol–water partition coefficient (Wildman–Crippen LogP) is 9.77. The Bertz CT molecular complexity index is 1380. The molecule has 0 bridgehead atoms. The van der Waals surface area contributed by atoms with Crippen LogP contribution in [0, 0.1) is 10.1 Å². The highest BCUT2D eigenvalue weighted by atomic mass is 16.6. The quantitative estimate of drug-likeness (QED) is 0.0973. The molecule has 0 atom stereocenters. The van der Waals surface area contributed by atoms with Crippen LogP contribution in [0.5, 0.6) is 0 Å². The molecule has 2 aromatic heterocycles. The number of rotatable bonds is 15. The Morgan fingerprint density at radius 2 is 0.860 bits per heavy atom. The number of nitro groups is 1. The van der Waals surface area contributed by atoms with E-state index in [9.17, 15) is 19.7 Å². The molecular formula is C42H62N4O4. The molecule has 0 aliphatic heterocycles. The zero-order chi connectivity index (χ0) is 38.0. The molecule has 50 heavy (non-hydrogen) atoms. The molecule has 2 heterocycles. The van der Waals surface area contributed by atoms with Crippen LogP contribution in [0.25, 0.3) is 0 Å². The summed E-state index contributed by atoms with van der Waals surface area (Å²) < 4.78 is 0. The molecule has 8 heteroatoms. The molecule has 2 aromatic carbocycles. The number of ketones is 2. The third-order valence-corrected chi connectivity index (χ3v) is 6.81. The summed E-state index contributed by atoms with van der Waals surface area (Å²) in [6, 6.07) is 23.1. The van der Waals surface area contributed by atoms with Gasteiger partial charge in [-0.3, -0.25) is 29.7 Å². The average Bonchev–Trinajstić information content (AvgIpc) is 3.19. The van der Waals surface area contributed by atoms with Gasteiger partial charge in [0.2, 0.25) is 6.54 Å². The lowest BCUT2D eigenvalue weighted by Crippen LogP contribution is -2.03. The first-order valence-electron chi connectivity index (χ1n) is 18.2. The third-order valence-electron chi connectivity index (χ3n) is 6.81. The minimum Gasteiger partial charge on any atom is -0.326 e. The molecule has 0 aliphatic carbocycles. The monoisotopic (exact) mass is 686 g/mol. The Balaban J connectivity index is 0.